The zero-order valence-electron chi connectivity index (χ0n) is 15.4. The van der Waals surface area contributed by atoms with Crippen LogP contribution in [0.5, 0.6) is 0 Å². The average Bonchev–Trinajstić information content (AvgIpc) is 2.61. The van der Waals surface area contributed by atoms with Crippen molar-refractivity contribution >= 4 is 16.5 Å². The van der Waals surface area contributed by atoms with Gasteiger partial charge >= 0.3 is 0 Å². The van der Waals surface area contributed by atoms with Crippen LogP contribution >= 0.6 is 0 Å². The van der Waals surface area contributed by atoms with Crippen molar-refractivity contribution in [2.24, 2.45) is 0 Å². The van der Waals surface area contributed by atoms with Crippen LogP contribution in [0.4, 0.5) is 5.69 Å². The van der Waals surface area contributed by atoms with Crippen molar-refractivity contribution in [3.8, 4) is 0 Å². The second-order valence-electron chi connectivity index (χ2n) is 6.91. The summed E-state index contributed by atoms with van der Waals surface area (Å²) >= 11 is 0. The number of fused-ring (bicyclic) bond motifs is 1. The van der Waals surface area contributed by atoms with Crippen molar-refractivity contribution in [2.45, 2.75) is 59.3 Å². The molecule has 2 rings (SSSR count). The number of rotatable bonds is 10. The summed E-state index contributed by atoms with van der Waals surface area (Å²) in [6.45, 7) is 10.8. The minimum Gasteiger partial charge on any atom is -0.291 e. The third kappa shape index (κ3) is 4.57. The maximum absolute atomic E-state index is 2.45. The standard InChI is InChI=1S/C22H34N/c1-4-7-16-23(17-8-5-2,18-9-6-3)22-15-14-20-12-10-11-13-21(20)19-22/h10-15,19H,4-9,16-18H2,1-3H3/q+1. The van der Waals surface area contributed by atoms with E-state index in [0.717, 1.165) is 0 Å². The SMILES string of the molecule is CCCC[N+](CCCC)(CCCC)c1ccc2ccccc2c1. The Kier molecular flexibility index (Phi) is 7.11. The molecule has 2 aromatic carbocycles. The predicted molar refractivity (Wildman–Crippen MR) is 105 cm³/mol. The van der Waals surface area contributed by atoms with E-state index in [4.69, 9.17) is 0 Å². The molecule has 2 aromatic rings. The average molecular weight is 313 g/mol. The lowest BCUT2D eigenvalue weighted by atomic mass is 10.1. The first-order chi connectivity index (χ1) is 11.3. The Morgan fingerprint density at radius 2 is 1.17 bits per heavy atom. The molecule has 1 heteroatoms. The summed E-state index contributed by atoms with van der Waals surface area (Å²) in [6, 6.07) is 15.9. The molecule has 0 unspecified atom stereocenters. The fourth-order valence-corrected chi connectivity index (χ4v) is 3.58. The maximum Gasteiger partial charge on any atom is 0.133 e. The van der Waals surface area contributed by atoms with Gasteiger partial charge in [0.05, 0.1) is 19.6 Å². The number of benzene rings is 2. The van der Waals surface area contributed by atoms with Crippen molar-refractivity contribution in [3.63, 3.8) is 0 Å². The summed E-state index contributed by atoms with van der Waals surface area (Å²) in [5.74, 6) is 0. The van der Waals surface area contributed by atoms with E-state index in [2.05, 4.69) is 63.2 Å². The van der Waals surface area contributed by atoms with Crippen molar-refractivity contribution in [1.82, 2.24) is 4.48 Å². The molecule has 0 radical (unpaired) electrons. The first-order valence-electron chi connectivity index (χ1n) is 9.61. The van der Waals surface area contributed by atoms with Crippen LogP contribution in [0.2, 0.25) is 0 Å². The molecule has 126 valence electrons. The van der Waals surface area contributed by atoms with Crippen molar-refractivity contribution in [1.29, 1.82) is 0 Å². The molecule has 0 fully saturated rings. The van der Waals surface area contributed by atoms with Gasteiger partial charge in [-0.2, -0.15) is 0 Å². The summed E-state index contributed by atoms with van der Waals surface area (Å²) in [6.07, 6.45) is 7.81. The molecular formula is C22H34N+. The van der Waals surface area contributed by atoms with Crippen LogP contribution in [0.15, 0.2) is 42.5 Å². The van der Waals surface area contributed by atoms with Crippen molar-refractivity contribution < 1.29 is 0 Å². The normalized spacial score (nSPS) is 12.0. The Hall–Kier alpha value is -1.34. The summed E-state index contributed by atoms with van der Waals surface area (Å²) < 4.78 is 1.18. The minimum atomic E-state index is 1.18. The molecule has 1 nitrogen and oxygen atoms in total. The number of hydrogen-bond acceptors (Lipinski definition) is 0. The van der Waals surface area contributed by atoms with Gasteiger partial charge in [0.25, 0.3) is 0 Å². The highest BCUT2D eigenvalue weighted by molar-refractivity contribution is 5.85. The van der Waals surface area contributed by atoms with Gasteiger partial charge < -0.3 is 0 Å². The molecule has 0 spiro atoms. The van der Waals surface area contributed by atoms with Gasteiger partial charge in [0.2, 0.25) is 0 Å². The van der Waals surface area contributed by atoms with Gasteiger partial charge in [0.1, 0.15) is 5.69 Å². The molecule has 0 saturated carbocycles. The van der Waals surface area contributed by atoms with Gasteiger partial charge in [-0.05, 0) is 42.2 Å². The van der Waals surface area contributed by atoms with Crippen molar-refractivity contribution in [2.75, 3.05) is 19.6 Å². The number of nitrogens with zero attached hydrogens (tertiary/aromatic N) is 1. The first-order valence-corrected chi connectivity index (χ1v) is 9.61. The van der Waals surface area contributed by atoms with Gasteiger partial charge in [0.15, 0.2) is 0 Å². The summed E-state index contributed by atoms with van der Waals surface area (Å²) in [7, 11) is 0. The molecule has 0 amide bonds. The van der Waals surface area contributed by atoms with E-state index in [9.17, 15) is 0 Å². The van der Waals surface area contributed by atoms with Crippen LogP contribution in [-0.2, 0) is 0 Å². The highest BCUT2D eigenvalue weighted by Gasteiger charge is 2.28. The smallest absolute Gasteiger partial charge is 0.133 e. The van der Waals surface area contributed by atoms with Crippen LogP contribution in [0.1, 0.15) is 59.3 Å². The molecule has 23 heavy (non-hydrogen) atoms. The summed E-state index contributed by atoms with van der Waals surface area (Å²) in [5.41, 5.74) is 1.53. The van der Waals surface area contributed by atoms with E-state index in [1.165, 1.54) is 79.1 Å². The molecule has 0 aliphatic rings. The van der Waals surface area contributed by atoms with Gasteiger partial charge in [-0.3, -0.25) is 4.48 Å². The number of hydrogen-bond donors (Lipinski definition) is 0. The van der Waals surface area contributed by atoms with Crippen LogP contribution < -0.4 is 4.48 Å². The van der Waals surface area contributed by atoms with Gasteiger partial charge in [-0.25, -0.2) is 0 Å². The Labute approximate surface area is 142 Å². The molecule has 0 aliphatic carbocycles. The monoisotopic (exact) mass is 312 g/mol. The van der Waals surface area contributed by atoms with Crippen LogP contribution in [-0.4, -0.2) is 19.6 Å². The molecule has 0 aliphatic heterocycles. The van der Waals surface area contributed by atoms with Crippen molar-refractivity contribution in [3.05, 3.63) is 42.5 Å². The van der Waals surface area contributed by atoms with Gasteiger partial charge in [-0.1, -0.05) is 64.3 Å². The van der Waals surface area contributed by atoms with Crippen LogP contribution in [0.25, 0.3) is 10.8 Å². The van der Waals surface area contributed by atoms with E-state index >= 15 is 0 Å². The summed E-state index contributed by atoms with van der Waals surface area (Å²) in [5, 5.41) is 2.74. The zero-order chi connectivity index (χ0) is 16.5. The van der Waals surface area contributed by atoms with E-state index < -0.39 is 0 Å². The Morgan fingerprint density at radius 1 is 0.652 bits per heavy atom. The zero-order valence-corrected chi connectivity index (χ0v) is 15.4. The second-order valence-corrected chi connectivity index (χ2v) is 6.91. The van der Waals surface area contributed by atoms with E-state index in [1.54, 1.807) is 0 Å². The van der Waals surface area contributed by atoms with Crippen LogP contribution in [0.3, 0.4) is 0 Å². The first kappa shape index (κ1) is 18.0. The fourth-order valence-electron chi connectivity index (χ4n) is 3.58. The third-order valence-corrected chi connectivity index (χ3v) is 5.10. The second kappa shape index (κ2) is 9.08. The molecule has 0 N–H and O–H groups in total. The quantitative estimate of drug-likeness (QED) is 0.436. The predicted octanol–water partition coefficient (Wildman–Crippen LogP) is 6.55. The molecule has 0 aromatic heterocycles. The highest BCUT2D eigenvalue weighted by Crippen LogP contribution is 2.30. The fraction of sp³-hybridized carbons (Fsp3) is 0.545. The summed E-state index contributed by atoms with van der Waals surface area (Å²) in [4.78, 5) is 0. The third-order valence-electron chi connectivity index (χ3n) is 5.10. The van der Waals surface area contributed by atoms with Gasteiger partial charge in [-0.15, -0.1) is 0 Å². The Morgan fingerprint density at radius 3 is 1.70 bits per heavy atom. The molecule has 0 bridgehead atoms. The topological polar surface area (TPSA) is 0 Å². The Bertz CT molecular complexity index is 566. The maximum atomic E-state index is 2.45. The Balaban J connectivity index is 2.41. The lowest BCUT2D eigenvalue weighted by Crippen LogP contribution is -2.51. The molecule has 0 heterocycles. The van der Waals surface area contributed by atoms with E-state index in [-0.39, 0.29) is 0 Å². The lowest BCUT2D eigenvalue weighted by molar-refractivity contribution is 0.260. The molecule has 0 saturated heterocycles. The number of unbranched alkanes of at least 4 members (excludes halogenated alkanes) is 3. The highest BCUT2D eigenvalue weighted by atomic mass is 15.4. The largest absolute Gasteiger partial charge is 0.291 e. The molecule has 0 atom stereocenters. The van der Waals surface area contributed by atoms with Crippen LogP contribution in [0, 0.1) is 0 Å². The lowest BCUT2D eigenvalue weighted by Gasteiger charge is -2.39. The van der Waals surface area contributed by atoms with Gasteiger partial charge in [0, 0.05) is 6.07 Å². The minimum absolute atomic E-state index is 1.18. The van der Waals surface area contributed by atoms with E-state index in [1.807, 2.05) is 0 Å². The number of quaternary nitrogens is 1. The van der Waals surface area contributed by atoms with E-state index in [0.29, 0.717) is 0 Å². The molecular weight excluding hydrogens is 278 g/mol.